The minimum Gasteiger partial charge on any atom is -0.454 e. The highest BCUT2D eigenvalue weighted by Crippen LogP contribution is 2.32. The van der Waals surface area contributed by atoms with Crippen molar-refractivity contribution < 1.29 is 23.8 Å². The Labute approximate surface area is 159 Å². The minimum atomic E-state index is -0.588. The molecule has 3 aromatic rings. The molecule has 1 amide bonds. The largest absolute Gasteiger partial charge is 0.454 e. The number of fused-ring (bicyclic) bond motifs is 2. The number of benzene rings is 2. The summed E-state index contributed by atoms with van der Waals surface area (Å²) in [7, 11) is 1.66. The molecule has 0 saturated heterocycles. The lowest BCUT2D eigenvalue weighted by molar-refractivity contribution is -0.133. The SMILES string of the molecule is CN(Cc1nc2ccccc2s1)C(=O)COC(=O)c1ccc2c(c1)OCO2. The van der Waals surface area contributed by atoms with Gasteiger partial charge in [0.1, 0.15) is 5.01 Å². The van der Waals surface area contributed by atoms with Crippen LogP contribution in [0.5, 0.6) is 11.5 Å². The first kappa shape index (κ1) is 17.3. The Balaban J connectivity index is 1.33. The highest BCUT2D eigenvalue weighted by Gasteiger charge is 2.19. The third kappa shape index (κ3) is 3.70. The second-order valence-corrected chi connectivity index (χ2v) is 7.08. The van der Waals surface area contributed by atoms with Gasteiger partial charge in [-0.15, -0.1) is 11.3 Å². The van der Waals surface area contributed by atoms with Crippen LogP contribution in [0, 0.1) is 0 Å². The zero-order chi connectivity index (χ0) is 18.8. The van der Waals surface area contributed by atoms with Gasteiger partial charge < -0.3 is 19.1 Å². The molecule has 2 aromatic carbocycles. The number of ether oxygens (including phenoxy) is 3. The zero-order valence-electron chi connectivity index (χ0n) is 14.5. The smallest absolute Gasteiger partial charge is 0.338 e. The van der Waals surface area contributed by atoms with Crippen LogP contribution in [0.1, 0.15) is 15.4 Å². The lowest BCUT2D eigenvalue weighted by atomic mass is 10.2. The lowest BCUT2D eigenvalue weighted by Crippen LogP contribution is -2.30. The van der Waals surface area contributed by atoms with Crippen molar-refractivity contribution in [1.29, 1.82) is 0 Å². The molecule has 0 spiro atoms. The van der Waals surface area contributed by atoms with Crippen LogP contribution < -0.4 is 9.47 Å². The molecule has 138 valence electrons. The summed E-state index contributed by atoms with van der Waals surface area (Å²) in [4.78, 5) is 30.4. The fraction of sp³-hybridized carbons (Fsp3) is 0.211. The maximum atomic E-state index is 12.3. The number of hydrogen-bond donors (Lipinski definition) is 0. The number of carbonyl (C=O) groups excluding carboxylic acids is 2. The molecule has 0 saturated carbocycles. The van der Waals surface area contributed by atoms with Crippen molar-refractivity contribution in [2.45, 2.75) is 6.54 Å². The summed E-state index contributed by atoms with van der Waals surface area (Å²) >= 11 is 1.54. The van der Waals surface area contributed by atoms with Gasteiger partial charge >= 0.3 is 5.97 Å². The Morgan fingerprint density at radius 3 is 2.85 bits per heavy atom. The van der Waals surface area contributed by atoms with Crippen molar-refractivity contribution in [3.05, 3.63) is 53.0 Å². The maximum absolute atomic E-state index is 12.3. The van der Waals surface area contributed by atoms with Crippen molar-refractivity contribution in [2.24, 2.45) is 0 Å². The van der Waals surface area contributed by atoms with Crippen LogP contribution in [0.4, 0.5) is 0 Å². The van der Waals surface area contributed by atoms with E-state index in [-0.39, 0.29) is 19.3 Å². The van der Waals surface area contributed by atoms with Crippen LogP contribution in [0.15, 0.2) is 42.5 Å². The highest BCUT2D eigenvalue weighted by molar-refractivity contribution is 7.18. The van der Waals surface area contributed by atoms with E-state index in [2.05, 4.69) is 4.98 Å². The first-order chi connectivity index (χ1) is 13.1. The number of aromatic nitrogens is 1. The molecule has 1 aliphatic rings. The summed E-state index contributed by atoms with van der Waals surface area (Å²) in [6.07, 6.45) is 0. The van der Waals surface area contributed by atoms with Gasteiger partial charge in [0.05, 0.1) is 22.3 Å². The van der Waals surface area contributed by atoms with E-state index in [1.165, 1.54) is 16.2 Å². The van der Waals surface area contributed by atoms with Gasteiger partial charge in [-0.05, 0) is 30.3 Å². The fourth-order valence-electron chi connectivity index (χ4n) is 2.62. The molecule has 0 radical (unpaired) electrons. The third-order valence-corrected chi connectivity index (χ3v) is 5.09. The van der Waals surface area contributed by atoms with E-state index in [0.29, 0.717) is 23.6 Å². The van der Waals surface area contributed by atoms with E-state index in [1.807, 2.05) is 24.3 Å². The Morgan fingerprint density at radius 2 is 2.00 bits per heavy atom. The Morgan fingerprint density at radius 1 is 1.19 bits per heavy atom. The van der Waals surface area contributed by atoms with Crippen LogP contribution in [-0.2, 0) is 16.1 Å². The molecule has 0 N–H and O–H groups in total. The number of esters is 1. The van der Waals surface area contributed by atoms with E-state index in [9.17, 15) is 9.59 Å². The number of hydrogen-bond acceptors (Lipinski definition) is 7. The molecule has 0 unspecified atom stereocenters. The van der Waals surface area contributed by atoms with Crippen LogP contribution in [0.25, 0.3) is 10.2 Å². The van der Waals surface area contributed by atoms with E-state index in [4.69, 9.17) is 14.2 Å². The van der Waals surface area contributed by atoms with Crippen molar-refractivity contribution >= 4 is 33.4 Å². The number of amides is 1. The molecule has 0 fully saturated rings. The Hall–Kier alpha value is -3.13. The molecule has 4 rings (SSSR count). The molecule has 27 heavy (non-hydrogen) atoms. The van der Waals surface area contributed by atoms with E-state index in [1.54, 1.807) is 25.2 Å². The van der Waals surface area contributed by atoms with Crippen LogP contribution in [0.3, 0.4) is 0 Å². The zero-order valence-corrected chi connectivity index (χ0v) is 15.3. The highest BCUT2D eigenvalue weighted by atomic mass is 32.1. The van der Waals surface area contributed by atoms with Gasteiger partial charge in [-0.3, -0.25) is 4.79 Å². The van der Waals surface area contributed by atoms with Crippen LogP contribution in [-0.4, -0.2) is 42.2 Å². The third-order valence-electron chi connectivity index (χ3n) is 4.07. The molecule has 0 bridgehead atoms. The second-order valence-electron chi connectivity index (χ2n) is 5.97. The molecule has 0 atom stereocenters. The summed E-state index contributed by atoms with van der Waals surface area (Å²) < 4.78 is 16.6. The summed E-state index contributed by atoms with van der Waals surface area (Å²) in [5.41, 5.74) is 1.22. The van der Waals surface area contributed by atoms with Crippen LogP contribution in [0.2, 0.25) is 0 Å². The molecule has 2 heterocycles. The lowest BCUT2D eigenvalue weighted by Gasteiger charge is -2.15. The average Bonchev–Trinajstić information content (AvgIpc) is 3.30. The number of rotatable bonds is 5. The van der Waals surface area contributed by atoms with Gasteiger partial charge in [0.15, 0.2) is 18.1 Å². The fourth-order valence-corrected chi connectivity index (χ4v) is 3.64. The molecule has 7 nitrogen and oxygen atoms in total. The predicted octanol–water partition coefficient (Wildman–Crippen LogP) is 2.84. The van der Waals surface area contributed by atoms with Gasteiger partial charge in [0.25, 0.3) is 5.91 Å². The van der Waals surface area contributed by atoms with Gasteiger partial charge in [0, 0.05) is 7.05 Å². The van der Waals surface area contributed by atoms with Crippen molar-refractivity contribution in [3.63, 3.8) is 0 Å². The van der Waals surface area contributed by atoms with Gasteiger partial charge in [0.2, 0.25) is 6.79 Å². The van der Waals surface area contributed by atoms with Gasteiger partial charge in [-0.25, -0.2) is 9.78 Å². The maximum Gasteiger partial charge on any atom is 0.338 e. The van der Waals surface area contributed by atoms with Gasteiger partial charge in [-0.2, -0.15) is 0 Å². The monoisotopic (exact) mass is 384 g/mol. The molecule has 1 aliphatic heterocycles. The molecule has 1 aromatic heterocycles. The standard InChI is InChI=1S/C19H16N2O5S/c1-21(9-17-20-13-4-2-3-5-16(13)27-17)18(22)10-24-19(23)12-6-7-14-15(8-12)26-11-25-14/h2-8H,9-11H2,1H3. The number of nitrogens with zero attached hydrogens (tertiary/aromatic N) is 2. The van der Waals surface area contributed by atoms with E-state index < -0.39 is 5.97 Å². The first-order valence-electron chi connectivity index (χ1n) is 8.25. The van der Waals surface area contributed by atoms with Crippen LogP contribution >= 0.6 is 11.3 Å². The normalized spacial score (nSPS) is 12.2. The number of likely N-dealkylation sites (N-methyl/N-ethyl adjacent to an activating group) is 1. The molecular weight excluding hydrogens is 368 g/mol. The van der Waals surface area contributed by atoms with E-state index >= 15 is 0 Å². The summed E-state index contributed by atoms with van der Waals surface area (Å²) in [5.74, 6) is 0.181. The quantitative estimate of drug-likeness (QED) is 0.630. The summed E-state index contributed by atoms with van der Waals surface area (Å²) in [5, 5.41) is 0.828. The average molecular weight is 384 g/mol. The Bertz CT molecular complexity index is 983. The first-order valence-corrected chi connectivity index (χ1v) is 9.07. The minimum absolute atomic E-state index is 0.128. The second kappa shape index (κ2) is 7.24. The topological polar surface area (TPSA) is 78.0 Å². The Kier molecular flexibility index (Phi) is 4.64. The molecule has 8 heteroatoms. The molecular formula is C19H16N2O5S. The number of carbonyl (C=O) groups is 2. The molecule has 0 aliphatic carbocycles. The van der Waals surface area contributed by atoms with Crippen molar-refractivity contribution in [1.82, 2.24) is 9.88 Å². The van der Waals surface area contributed by atoms with E-state index in [0.717, 1.165) is 15.2 Å². The van der Waals surface area contributed by atoms with Crippen molar-refractivity contribution in [2.75, 3.05) is 20.4 Å². The van der Waals surface area contributed by atoms with Gasteiger partial charge in [-0.1, -0.05) is 12.1 Å². The summed E-state index contributed by atoms with van der Waals surface area (Å²) in [6, 6.07) is 12.6. The summed E-state index contributed by atoms with van der Waals surface area (Å²) in [6.45, 7) is 0.150. The number of para-hydroxylation sites is 1. The van der Waals surface area contributed by atoms with Crippen molar-refractivity contribution in [3.8, 4) is 11.5 Å². The predicted molar refractivity (Wildman–Crippen MR) is 98.9 cm³/mol. The number of thiazole rings is 1.